The Kier molecular flexibility index (Phi) is 2.21. The van der Waals surface area contributed by atoms with Crippen molar-refractivity contribution in [2.75, 3.05) is 0 Å². The van der Waals surface area contributed by atoms with Crippen LogP contribution >= 0.6 is 12.6 Å². The van der Waals surface area contributed by atoms with E-state index in [1.807, 2.05) is 22.8 Å². The summed E-state index contributed by atoms with van der Waals surface area (Å²) in [7, 11) is 0. The van der Waals surface area contributed by atoms with Gasteiger partial charge in [-0.25, -0.2) is 4.79 Å². The van der Waals surface area contributed by atoms with E-state index in [1.54, 1.807) is 12.3 Å². The smallest absolute Gasteiger partial charge is 0.337 e. The van der Waals surface area contributed by atoms with Gasteiger partial charge in [0.25, 0.3) is 0 Å². The molecule has 0 atom stereocenters. The van der Waals surface area contributed by atoms with Crippen molar-refractivity contribution >= 4 is 29.5 Å². The van der Waals surface area contributed by atoms with Crippen molar-refractivity contribution in [3.05, 3.63) is 36.0 Å². The molecule has 0 unspecified atom stereocenters. The van der Waals surface area contributed by atoms with Gasteiger partial charge in [0.2, 0.25) is 0 Å². The van der Waals surface area contributed by atoms with Gasteiger partial charge in [-0.2, -0.15) is 12.6 Å². The Hall–Kier alpha value is -1.42. The van der Waals surface area contributed by atoms with Crippen LogP contribution < -0.4 is 0 Å². The summed E-state index contributed by atoms with van der Waals surface area (Å²) in [6.07, 6.45) is 1.61. The van der Waals surface area contributed by atoms with Crippen LogP contribution in [0.4, 0.5) is 0 Å². The van der Waals surface area contributed by atoms with Crippen molar-refractivity contribution in [3.63, 3.8) is 0 Å². The van der Waals surface area contributed by atoms with Crippen molar-refractivity contribution in [3.8, 4) is 0 Å². The third-order valence-electron chi connectivity index (χ3n) is 2.17. The second kappa shape index (κ2) is 3.38. The molecule has 2 rings (SSSR count). The molecule has 1 aromatic carbocycles. The van der Waals surface area contributed by atoms with Crippen molar-refractivity contribution < 1.29 is 9.90 Å². The maximum atomic E-state index is 10.9. The van der Waals surface area contributed by atoms with E-state index in [4.69, 9.17) is 5.11 Å². The molecule has 0 bridgehead atoms. The molecule has 72 valence electrons. The van der Waals surface area contributed by atoms with E-state index in [9.17, 15) is 4.79 Å². The first kappa shape index (κ1) is 9.15. The van der Waals surface area contributed by atoms with Gasteiger partial charge in [0, 0.05) is 17.1 Å². The molecule has 4 heteroatoms. The molecule has 0 aliphatic carbocycles. The molecule has 14 heavy (non-hydrogen) atoms. The fraction of sp³-hybridized carbons (Fsp3) is 0.100. The third kappa shape index (κ3) is 1.28. The Balaban J connectivity index is 2.80. The molecule has 0 spiro atoms. The number of hydrogen-bond acceptors (Lipinski definition) is 2. The van der Waals surface area contributed by atoms with Gasteiger partial charge in [-0.05, 0) is 6.07 Å². The molecular formula is C10H9NO2S. The third-order valence-corrected chi connectivity index (χ3v) is 2.48. The maximum Gasteiger partial charge on any atom is 0.337 e. The molecule has 1 aromatic heterocycles. The average Bonchev–Trinajstić information content (AvgIpc) is 2.56. The number of benzene rings is 1. The van der Waals surface area contributed by atoms with Crippen LogP contribution in [0.15, 0.2) is 30.5 Å². The summed E-state index contributed by atoms with van der Waals surface area (Å²) in [5, 5.41) is 9.71. The highest BCUT2D eigenvalue weighted by atomic mass is 32.1. The molecular weight excluding hydrogens is 198 g/mol. The largest absolute Gasteiger partial charge is 0.478 e. The summed E-state index contributed by atoms with van der Waals surface area (Å²) in [4.78, 5) is 10.9. The molecule has 0 saturated carbocycles. The van der Waals surface area contributed by atoms with E-state index < -0.39 is 5.97 Å². The van der Waals surface area contributed by atoms with Gasteiger partial charge in [0.05, 0.1) is 11.4 Å². The first-order valence-corrected chi connectivity index (χ1v) is 4.79. The number of nitrogens with zero attached hydrogens (tertiary/aromatic N) is 1. The molecule has 1 heterocycles. The molecule has 1 N–H and O–H groups in total. The molecule has 0 fully saturated rings. The Labute approximate surface area is 86.4 Å². The van der Waals surface area contributed by atoms with Crippen molar-refractivity contribution in [1.29, 1.82) is 0 Å². The molecule has 0 amide bonds. The van der Waals surface area contributed by atoms with E-state index in [0.717, 1.165) is 10.9 Å². The van der Waals surface area contributed by atoms with Crippen molar-refractivity contribution in [1.82, 2.24) is 4.57 Å². The van der Waals surface area contributed by atoms with E-state index in [-0.39, 0.29) is 0 Å². The van der Waals surface area contributed by atoms with Gasteiger partial charge in [-0.3, -0.25) is 0 Å². The second-order valence-electron chi connectivity index (χ2n) is 2.98. The lowest BCUT2D eigenvalue weighted by Gasteiger charge is -1.97. The highest BCUT2D eigenvalue weighted by Crippen LogP contribution is 2.21. The summed E-state index contributed by atoms with van der Waals surface area (Å²) in [6.45, 7) is 0. The summed E-state index contributed by atoms with van der Waals surface area (Å²) >= 11 is 4.14. The Bertz CT molecular complexity index is 490. The zero-order valence-electron chi connectivity index (χ0n) is 7.34. The van der Waals surface area contributed by atoms with Crippen LogP contribution in [0.5, 0.6) is 0 Å². The Morgan fingerprint density at radius 2 is 2.14 bits per heavy atom. The number of aromatic carboxylic acids is 1. The molecule has 0 aliphatic rings. The molecule has 3 nitrogen and oxygen atoms in total. The normalized spacial score (nSPS) is 10.6. The molecule has 2 aromatic rings. The predicted molar refractivity (Wildman–Crippen MR) is 57.9 cm³/mol. The topological polar surface area (TPSA) is 42.2 Å². The van der Waals surface area contributed by atoms with E-state index in [2.05, 4.69) is 12.6 Å². The fourth-order valence-electron chi connectivity index (χ4n) is 1.53. The van der Waals surface area contributed by atoms with E-state index in [1.165, 1.54) is 0 Å². The van der Waals surface area contributed by atoms with Crippen molar-refractivity contribution in [2.24, 2.45) is 0 Å². The highest BCUT2D eigenvalue weighted by molar-refractivity contribution is 7.79. The zero-order chi connectivity index (χ0) is 10.1. The first-order valence-electron chi connectivity index (χ1n) is 4.16. The van der Waals surface area contributed by atoms with Gasteiger partial charge < -0.3 is 9.67 Å². The monoisotopic (exact) mass is 207 g/mol. The average molecular weight is 207 g/mol. The number of fused-ring (bicyclic) bond motifs is 1. The highest BCUT2D eigenvalue weighted by Gasteiger charge is 2.12. The summed E-state index contributed by atoms with van der Waals surface area (Å²) in [6, 6.07) is 7.41. The van der Waals surface area contributed by atoms with Crippen molar-refractivity contribution in [2.45, 2.75) is 5.88 Å². The maximum absolute atomic E-state index is 10.9. The van der Waals surface area contributed by atoms with Crippen LogP contribution in [-0.4, -0.2) is 15.6 Å². The number of aromatic nitrogens is 1. The van der Waals surface area contributed by atoms with Crippen LogP contribution in [0.2, 0.25) is 0 Å². The lowest BCUT2D eigenvalue weighted by molar-refractivity contribution is 0.0699. The SMILES string of the molecule is O=C(O)c1cn(CS)c2ccccc12. The Morgan fingerprint density at radius 3 is 2.79 bits per heavy atom. The van der Waals surface area contributed by atoms with Crippen LogP contribution in [0.25, 0.3) is 10.9 Å². The van der Waals surface area contributed by atoms with Crippen LogP contribution in [0.3, 0.4) is 0 Å². The lowest BCUT2D eigenvalue weighted by atomic mass is 10.2. The van der Waals surface area contributed by atoms with Gasteiger partial charge in [-0.1, -0.05) is 18.2 Å². The van der Waals surface area contributed by atoms with Crippen LogP contribution in [-0.2, 0) is 5.88 Å². The summed E-state index contributed by atoms with van der Waals surface area (Å²) in [5.74, 6) is -0.421. The number of carboxylic acid groups (broad SMARTS) is 1. The standard InChI is InChI=1S/C10H9NO2S/c12-10(13)8-5-11(6-14)9-4-2-1-3-7(8)9/h1-5,14H,6H2,(H,12,13). The van der Waals surface area contributed by atoms with E-state index >= 15 is 0 Å². The van der Waals surface area contributed by atoms with Crippen LogP contribution in [0, 0.1) is 0 Å². The summed E-state index contributed by atoms with van der Waals surface area (Å²) in [5.41, 5.74) is 1.23. The lowest BCUT2D eigenvalue weighted by Crippen LogP contribution is -1.94. The molecule has 0 saturated heterocycles. The minimum Gasteiger partial charge on any atom is -0.478 e. The number of rotatable bonds is 2. The van der Waals surface area contributed by atoms with E-state index in [0.29, 0.717) is 11.4 Å². The first-order chi connectivity index (χ1) is 6.74. The fourth-order valence-corrected chi connectivity index (χ4v) is 1.77. The number of carboxylic acids is 1. The van der Waals surface area contributed by atoms with Gasteiger partial charge in [-0.15, -0.1) is 0 Å². The number of thiol groups is 1. The summed E-state index contributed by atoms with van der Waals surface area (Å²) < 4.78 is 1.81. The minimum absolute atomic E-state index is 0.328. The molecule has 0 aliphatic heterocycles. The minimum atomic E-state index is -0.901. The van der Waals surface area contributed by atoms with Gasteiger partial charge >= 0.3 is 5.97 Å². The second-order valence-corrected chi connectivity index (χ2v) is 3.26. The number of carbonyl (C=O) groups is 1. The quantitative estimate of drug-likeness (QED) is 0.741. The predicted octanol–water partition coefficient (Wildman–Crippen LogP) is 2.23. The van der Waals surface area contributed by atoms with Gasteiger partial charge in [0.1, 0.15) is 0 Å². The number of hydrogen-bond donors (Lipinski definition) is 2. The molecule has 0 radical (unpaired) electrons. The van der Waals surface area contributed by atoms with Crippen LogP contribution in [0.1, 0.15) is 10.4 Å². The zero-order valence-corrected chi connectivity index (χ0v) is 8.24. The Morgan fingerprint density at radius 1 is 1.43 bits per heavy atom. The van der Waals surface area contributed by atoms with Gasteiger partial charge in [0.15, 0.2) is 0 Å². The number of para-hydroxylation sites is 1.